The van der Waals surface area contributed by atoms with E-state index in [1.54, 1.807) is 0 Å². The van der Waals surface area contributed by atoms with Gasteiger partial charge in [0, 0.05) is 13.1 Å². The molecule has 0 aromatic heterocycles. The lowest BCUT2D eigenvalue weighted by molar-refractivity contribution is -0.143. The average Bonchev–Trinajstić information content (AvgIpc) is 2.37. The maximum absolute atomic E-state index is 11.9. The van der Waals surface area contributed by atoms with Crippen LogP contribution in [0.5, 0.6) is 0 Å². The highest BCUT2D eigenvalue weighted by Gasteiger charge is 2.26. The summed E-state index contributed by atoms with van der Waals surface area (Å²) < 4.78 is 25.0. The van der Waals surface area contributed by atoms with Crippen molar-refractivity contribution >= 4 is 16.2 Å². The second kappa shape index (κ2) is 5.66. The molecule has 104 valence electrons. The number of carboxylic acids is 1. The van der Waals surface area contributed by atoms with E-state index in [0.717, 1.165) is 11.1 Å². The molecule has 2 rings (SSSR count). The number of fused-ring (bicyclic) bond motifs is 1. The maximum atomic E-state index is 11.9. The van der Waals surface area contributed by atoms with E-state index >= 15 is 0 Å². The minimum Gasteiger partial charge on any atom is -0.479 e. The summed E-state index contributed by atoms with van der Waals surface area (Å²) >= 11 is 0. The van der Waals surface area contributed by atoms with E-state index < -0.39 is 22.8 Å². The summed E-state index contributed by atoms with van der Waals surface area (Å²) in [5.41, 5.74) is 2.07. The summed E-state index contributed by atoms with van der Waals surface area (Å²) in [6.45, 7) is -0.131. The van der Waals surface area contributed by atoms with Gasteiger partial charge < -0.3 is 5.11 Å². The fourth-order valence-corrected chi connectivity index (χ4v) is 2.85. The van der Waals surface area contributed by atoms with Crippen molar-refractivity contribution < 1.29 is 23.2 Å². The number of nitrogens with zero attached hydrogens (tertiary/aromatic N) is 1. The molecule has 1 heterocycles. The number of aliphatic carboxylic acids is 1. The molecular formula is C11H14N2O5S. The minimum atomic E-state index is -3.82. The van der Waals surface area contributed by atoms with Crippen LogP contribution < -0.4 is 4.89 Å². The van der Waals surface area contributed by atoms with Crippen LogP contribution in [0.4, 0.5) is 0 Å². The molecule has 2 N–H and O–H groups in total. The van der Waals surface area contributed by atoms with Gasteiger partial charge in [-0.25, -0.2) is 4.79 Å². The highest BCUT2D eigenvalue weighted by molar-refractivity contribution is 7.86. The van der Waals surface area contributed by atoms with E-state index in [4.69, 9.17) is 5.11 Å². The van der Waals surface area contributed by atoms with Crippen molar-refractivity contribution in [1.29, 1.82) is 0 Å². The smallest absolute Gasteiger partial charge is 0.331 e. The van der Waals surface area contributed by atoms with Gasteiger partial charge in [0.25, 0.3) is 0 Å². The Morgan fingerprint density at radius 1 is 1.37 bits per heavy atom. The van der Waals surface area contributed by atoms with E-state index in [1.807, 2.05) is 29.2 Å². The molecular weight excluding hydrogens is 272 g/mol. The molecule has 1 aliphatic rings. The van der Waals surface area contributed by atoms with Crippen molar-refractivity contribution in [2.45, 2.75) is 13.0 Å². The van der Waals surface area contributed by atoms with E-state index in [1.165, 1.54) is 4.31 Å². The maximum Gasteiger partial charge on any atom is 0.331 e. The lowest BCUT2D eigenvalue weighted by Crippen LogP contribution is -2.43. The number of carboxylic acid groups (broad SMARTS) is 1. The number of rotatable bonds is 5. The number of benzene rings is 1. The second-order valence-corrected chi connectivity index (χ2v) is 5.76. The first-order valence-corrected chi connectivity index (χ1v) is 7.10. The molecule has 1 aliphatic heterocycles. The highest BCUT2D eigenvalue weighted by atomic mass is 32.2. The number of hydrogen-bond donors (Lipinski definition) is 2. The molecule has 0 spiro atoms. The Hall–Kier alpha value is -1.48. The van der Waals surface area contributed by atoms with Crippen LogP contribution >= 0.6 is 0 Å². The quantitative estimate of drug-likeness (QED) is 0.737. The van der Waals surface area contributed by atoms with E-state index in [0.29, 0.717) is 13.0 Å². The molecule has 0 saturated heterocycles. The van der Waals surface area contributed by atoms with Crippen LogP contribution in [0.2, 0.25) is 0 Å². The number of nitrogens with one attached hydrogen (secondary N) is 1. The van der Waals surface area contributed by atoms with E-state index in [2.05, 4.69) is 4.84 Å². The fraction of sp³-hybridized carbons (Fsp3) is 0.364. The number of carbonyl (C=O) groups is 1. The zero-order chi connectivity index (χ0) is 13.9. The SMILES string of the molecule is O=C(O)CONS(=O)(=O)N1CCc2ccccc2C1. The Kier molecular flexibility index (Phi) is 4.15. The normalized spacial score (nSPS) is 16.0. The van der Waals surface area contributed by atoms with Gasteiger partial charge in [0.05, 0.1) is 0 Å². The first kappa shape index (κ1) is 13.9. The van der Waals surface area contributed by atoms with Gasteiger partial charge in [-0.2, -0.15) is 12.7 Å². The third-order valence-electron chi connectivity index (χ3n) is 2.80. The van der Waals surface area contributed by atoms with E-state index in [9.17, 15) is 13.2 Å². The Bertz CT molecular complexity index is 572. The van der Waals surface area contributed by atoms with Crippen LogP contribution in [0.3, 0.4) is 0 Å². The molecule has 0 bridgehead atoms. The Morgan fingerprint density at radius 2 is 2.05 bits per heavy atom. The Balaban J connectivity index is 2.01. The zero-order valence-corrected chi connectivity index (χ0v) is 10.9. The Morgan fingerprint density at radius 3 is 2.74 bits per heavy atom. The van der Waals surface area contributed by atoms with Crippen molar-refractivity contribution in [3.05, 3.63) is 35.4 Å². The van der Waals surface area contributed by atoms with E-state index in [-0.39, 0.29) is 6.54 Å². The molecule has 0 radical (unpaired) electrons. The molecule has 19 heavy (non-hydrogen) atoms. The van der Waals surface area contributed by atoms with Crippen LogP contribution in [0.25, 0.3) is 0 Å². The van der Waals surface area contributed by atoms with Gasteiger partial charge in [0.2, 0.25) is 0 Å². The summed E-state index contributed by atoms with van der Waals surface area (Å²) in [6.07, 6.45) is 0.621. The van der Waals surface area contributed by atoms with Crippen molar-refractivity contribution in [2.24, 2.45) is 0 Å². The predicted molar refractivity (Wildman–Crippen MR) is 66.2 cm³/mol. The minimum absolute atomic E-state index is 0.252. The van der Waals surface area contributed by atoms with Gasteiger partial charge in [0.15, 0.2) is 6.61 Å². The fourth-order valence-electron chi connectivity index (χ4n) is 1.89. The number of hydrogen-bond acceptors (Lipinski definition) is 4. The third-order valence-corrected chi connectivity index (χ3v) is 4.12. The first-order chi connectivity index (χ1) is 8.99. The van der Waals surface area contributed by atoms with Gasteiger partial charge in [-0.1, -0.05) is 29.2 Å². The van der Waals surface area contributed by atoms with Crippen LogP contribution in [0, 0.1) is 0 Å². The highest BCUT2D eigenvalue weighted by Crippen LogP contribution is 2.20. The van der Waals surface area contributed by atoms with Gasteiger partial charge in [-0.05, 0) is 17.5 Å². The molecule has 0 atom stereocenters. The van der Waals surface area contributed by atoms with Crippen LogP contribution in [0.15, 0.2) is 24.3 Å². The van der Waals surface area contributed by atoms with Gasteiger partial charge in [-0.15, -0.1) is 0 Å². The molecule has 0 amide bonds. The van der Waals surface area contributed by atoms with Crippen LogP contribution in [0.1, 0.15) is 11.1 Å². The first-order valence-electron chi connectivity index (χ1n) is 5.66. The molecule has 0 saturated carbocycles. The third kappa shape index (κ3) is 3.51. The Labute approximate surface area is 110 Å². The molecule has 0 fully saturated rings. The predicted octanol–water partition coefficient (Wildman–Crippen LogP) is -0.105. The van der Waals surface area contributed by atoms with Crippen molar-refractivity contribution in [3.63, 3.8) is 0 Å². The monoisotopic (exact) mass is 286 g/mol. The molecule has 1 aromatic rings. The topological polar surface area (TPSA) is 95.9 Å². The summed E-state index contributed by atoms with van der Waals surface area (Å²) in [6, 6.07) is 7.60. The lowest BCUT2D eigenvalue weighted by atomic mass is 10.0. The van der Waals surface area contributed by atoms with Gasteiger partial charge in [-0.3, -0.25) is 4.84 Å². The summed E-state index contributed by atoms with van der Waals surface area (Å²) in [5, 5.41) is 8.38. The van der Waals surface area contributed by atoms with Crippen molar-refractivity contribution in [1.82, 2.24) is 9.19 Å². The molecule has 0 unspecified atom stereocenters. The van der Waals surface area contributed by atoms with Crippen LogP contribution in [-0.2, 0) is 32.8 Å². The van der Waals surface area contributed by atoms with Crippen molar-refractivity contribution in [2.75, 3.05) is 13.2 Å². The largest absolute Gasteiger partial charge is 0.479 e. The molecule has 7 nitrogen and oxygen atoms in total. The standard InChI is InChI=1S/C11H14N2O5S/c14-11(15)8-18-12-19(16,17)13-6-5-9-3-1-2-4-10(9)7-13/h1-4,12H,5-8H2,(H,14,15). The molecule has 8 heteroatoms. The van der Waals surface area contributed by atoms with Crippen LogP contribution in [-0.4, -0.2) is 37.0 Å². The average molecular weight is 286 g/mol. The van der Waals surface area contributed by atoms with Crippen molar-refractivity contribution in [3.8, 4) is 0 Å². The van der Waals surface area contributed by atoms with Gasteiger partial charge >= 0.3 is 16.2 Å². The summed E-state index contributed by atoms with van der Waals surface area (Å²) in [7, 11) is -3.82. The summed E-state index contributed by atoms with van der Waals surface area (Å²) in [5.74, 6) is -1.24. The zero-order valence-electron chi connectivity index (χ0n) is 10.1. The summed E-state index contributed by atoms with van der Waals surface area (Å²) in [4.78, 5) is 16.5. The molecule has 1 aromatic carbocycles. The molecule has 0 aliphatic carbocycles. The van der Waals surface area contributed by atoms with Gasteiger partial charge in [0.1, 0.15) is 0 Å². The second-order valence-electron chi connectivity index (χ2n) is 4.12. The lowest BCUT2D eigenvalue weighted by Gasteiger charge is -2.27.